The highest BCUT2D eigenvalue weighted by Gasteiger charge is 2.22. The Balaban J connectivity index is 2.35. The van der Waals surface area contributed by atoms with E-state index < -0.39 is 4.92 Å². The minimum atomic E-state index is -0.392. The minimum Gasteiger partial charge on any atom is -0.496 e. The van der Waals surface area contributed by atoms with Crippen LogP contribution in [0.25, 0.3) is 0 Å². The smallest absolute Gasteiger partial charge is 0.296 e. The third kappa shape index (κ3) is 3.52. The van der Waals surface area contributed by atoms with Crippen molar-refractivity contribution in [3.8, 4) is 5.75 Å². The summed E-state index contributed by atoms with van der Waals surface area (Å²) in [7, 11) is 1.49. The van der Waals surface area contributed by atoms with Crippen molar-refractivity contribution in [2.75, 3.05) is 12.4 Å². The lowest BCUT2D eigenvalue weighted by Crippen LogP contribution is -2.16. The molecule has 1 aromatic carbocycles. The average Bonchev–Trinajstić information content (AvgIpc) is 2.98. The van der Waals surface area contributed by atoms with Crippen LogP contribution in [0, 0.1) is 16.0 Å². The quantitative estimate of drug-likeness (QED) is 0.631. The Morgan fingerprint density at radius 3 is 2.62 bits per heavy atom. The maximum atomic E-state index is 11.2. The van der Waals surface area contributed by atoms with Crippen molar-refractivity contribution in [1.82, 2.24) is 0 Å². The zero-order valence-electron chi connectivity index (χ0n) is 12.2. The van der Waals surface area contributed by atoms with E-state index in [-0.39, 0.29) is 11.7 Å². The number of benzene rings is 1. The van der Waals surface area contributed by atoms with E-state index >= 15 is 0 Å². The predicted molar refractivity (Wildman–Crippen MR) is 85.2 cm³/mol. The summed E-state index contributed by atoms with van der Waals surface area (Å²) in [6, 6.07) is 8.92. The number of nitrogens with zero attached hydrogens (tertiary/aromatic N) is 1. The summed E-state index contributed by atoms with van der Waals surface area (Å²) in [4.78, 5) is 12.0. The van der Waals surface area contributed by atoms with Crippen LogP contribution in [0.3, 0.4) is 0 Å². The molecule has 0 aliphatic heterocycles. The van der Waals surface area contributed by atoms with E-state index in [0.717, 1.165) is 4.88 Å². The van der Waals surface area contributed by atoms with Crippen molar-refractivity contribution in [2.24, 2.45) is 5.92 Å². The molecule has 0 bridgehead atoms. The summed E-state index contributed by atoms with van der Waals surface area (Å²) in [6.45, 7) is 4.18. The number of rotatable bonds is 6. The van der Waals surface area contributed by atoms with Gasteiger partial charge < -0.3 is 10.1 Å². The van der Waals surface area contributed by atoms with Crippen molar-refractivity contribution in [3.63, 3.8) is 0 Å². The first-order valence-electron chi connectivity index (χ1n) is 6.65. The molecule has 0 aliphatic rings. The Hall–Kier alpha value is -2.08. The summed E-state index contributed by atoms with van der Waals surface area (Å²) in [5, 5.41) is 16.5. The van der Waals surface area contributed by atoms with Crippen LogP contribution in [0.2, 0.25) is 0 Å². The second-order valence-electron chi connectivity index (χ2n) is 5.02. The number of hydrogen-bond donors (Lipinski definition) is 1. The molecule has 0 aliphatic carbocycles. The maximum Gasteiger partial charge on any atom is 0.296 e. The lowest BCUT2D eigenvalue weighted by Gasteiger charge is -2.22. The summed E-state index contributed by atoms with van der Waals surface area (Å²) in [5.41, 5.74) is 0.532. The molecule has 1 aromatic heterocycles. The number of nitrogens with one attached hydrogen (secondary N) is 1. The molecular weight excluding hydrogens is 288 g/mol. The number of ether oxygens (including phenoxy) is 1. The molecule has 0 fully saturated rings. The molecule has 5 nitrogen and oxygen atoms in total. The number of methoxy groups -OCH3 is 1. The van der Waals surface area contributed by atoms with Crippen molar-refractivity contribution in [1.29, 1.82) is 0 Å². The summed E-state index contributed by atoms with van der Waals surface area (Å²) < 4.78 is 5.05. The van der Waals surface area contributed by atoms with Crippen molar-refractivity contribution in [2.45, 2.75) is 19.9 Å². The molecule has 0 spiro atoms. The average molecular weight is 306 g/mol. The van der Waals surface area contributed by atoms with Gasteiger partial charge >= 0.3 is 0 Å². The Bertz CT molecular complexity index is 611. The molecule has 112 valence electrons. The third-order valence-electron chi connectivity index (χ3n) is 3.23. The van der Waals surface area contributed by atoms with Gasteiger partial charge in [0, 0.05) is 4.88 Å². The van der Waals surface area contributed by atoms with E-state index in [4.69, 9.17) is 4.74 Å². The van der Waals surface area contributed by atoms with Gasteiger partial charge in [-0.05, 0) is 29.5 Å². The first kappa shape index (κ1) is 15.3. The van der Waals surface area contributed by atoms with Crippen LogP contribution in [0.1, 0.15) is 24.8 Å². The molecule has 2 aromatic rings. The van der Waals surface area contributed by atoms with E-state index in [1.165, 1.54) is 13.2 Å². The second-order valence-corrected chi connectivity index (χ2v) is 6.00. The van der Waals surface area contributed by atoms with Gasteiger partial charge in [-0.15, -0.1) is 11.3 Å². The van der Waals surface area contributed by atoms with Crippen LogP contribution in [0.4, 0.5) is 11.4 Å². The number of nitro benzene ring substituents is 1. The van der Waals surface area contributed by atoms with Gasteiger partial charge in [-0.25, -0.2) is 0 Å². The van der Waals surface area contributed by atoms with Crippen LogP contribution in [0.5, 0.6) is 5.75 Å². The molecule has 0 saturated heterocycles. The molecule has 0 saturated carbocycles. The Morgan fingerprint density at radius 2 is 2.10 bits per heavy atom. The van der Waals surface area contributed by atoms with Gasteiger partial charge in [-0.1, -0.05) is 19.9 Å². The number of thiophene rings is 1. The lowest BCUT2D eigenvalue weighted by molar-refractivity contribution is -0.384. The molecule has 0 amide bonds. The van der Waals surface area contributed by atoms with Gasteiger partial charge in [0.05, 0.1) is 24.1 Å². The first-order chi connectivity index (χ1) is 10.0. The van der Waals surface area contributed by atoms with Gasteiger partial charge in [-0.2, -0.15) is 0 Å². The van der Waals surface area contributed by atoms with Crippen molar-refractivity contribution >= 4 is 22.7 Å². The van der Waals surface area contributed by atoms with Gasteiger partial charge in [0.2, 0.25) is 0 Å². The largest absolute Gasteiger partial charge is 0.496 e. The fraction of sp³-hybridized carbons (Fsp3) is 0.333. The van der Waals surface area contributed by atoms with Crippen LogP contribution in [0.15, 0.2) is 35.7 Å². The highest BCUT2D eigenvalue weighted by atomic mass is 32.1. The van der Waals surface area contributed by atoms with E-state index in [0.29, 0.717) is 17.4 Å². The molecule has 1 N–H and O–H groups in total. The van der Waals surface area contributed by atoms with Crippen LogP contribution < -0.4 is 10.1 Å². The topological polar surface area (TPSA) is 64.4 Å². The first-order valence-corrected chi connectivity index (χ1v) is 7.53. The molecule has 6 heteroatoms. The van der Waals surface area contributed by atoms with E-state index in [2.05, 4.69) is 19.2 Å². The van der Waals surface area contributed by atoms with E-state index in [1.807, 2.05) is 17.5 Å². The second kappa shape index (κ2) is 6.58. The third-order valence-corrected chi connectivity index (χ3v) is 4.18. The zero-order valence-corrected chi connectivity index (χ0v) is 13.0. The Labute approximate surface area is 127 Å². The van der Waals surface area contributed by atoms with Crippen LogP contribution >= 0.6 is 11.3 Å². The number of nitro groups is 1. The van der Waals surface area contributed by atoms with E-state index in [1.54, 1.807) is 23.5 Å². The molecule has 1 atom stereocenters. The number of hydrogen-bond acceptors (Lipinski definition) is 5. The van der Waals surface area contributed by atoms with Crippen LogP contribution in [-0.4, -0.2) is 12.0 Å². The van der Waals surface area contributed by atoms with Crippen LogP contribution in [-0.2, 0) is 0 Å². The van der Waals surface area contributed by atoms with Gasteiger partial charge in [0.25, 0.3) is 5.69 Å². The van der Waals surface area contributed by atoms with Gasteiger partial charge in [0.15, 0.2) is 0 Å². The van der Waals surface area contributed by atoms with E-state index in [9.17, 15) is 10.1 Å². The molecule has 1 heterocycles. The Kier molecular flexibility index (Phi) is 4.80. The molecule has 2 rings (SSSR count). The van der Waals surface area contributed by atoms with Gasteiger partial charge in [-0.3, -0.25) is 10.1 Å². The molecule has 0 radical (unpaired) electrons. The molecule has 21 heavy (non-hydrogen) atoms. The fourth-order valence-electron chi connectivity index (χ4n) is 2.11. The number of anilines is 1. The maximum absolute atomic E-state index is 11.2. The monoisotopic (exact) mass is 306 g/mol. The summed E-state index contributed by atoms with van der Waals surface area (Å²) in [5.74, 6) is 0.787. The molecular formula is C15H18N2O3S. The summed E-state index contributed by atoms with van der Waals surface area (Å²) in [6.07, 6.45) is 0. The highest BCUT2D eigenvalue weighted by Crippen LogP contribution is 2.35. The summed E-state index contributed by atoms with van der Waals surface area (Å²) >= 11 is 1.64. The fourth-order valence-corrected chi connectivity index (χ4v) is 3.06. The molecule has 1 unspecified atom stereocenters. The highest BCUT2D eigenvalue weighted by molar-refractivity contribution is 7.10. The predicted octanol–water partition coefficient (Wildman–Crippen LogP) is 4.47. The SMILES string of the molecule is COc1ccc(NC(c2cccs2)C(C)C)c([N+](=O)[O-])c1. The minimum absolute atomic E-state index is 0.0246. The van der Waals surface area contributed by atoms with Crippen molar-refractivity contribution in [3.05, 3.63) is 50.7 Å². The van der Waals surface area contributed by atoms with Gasteiger partial charge in [0.1, 0.15) is 11.4 Å². The Morgan fingerprint density at radius 1 is 1.33 bits per heavy atom. The zero-order chi connectivity index (χ0) is 15.4. The normalized spacial score (nSPS) is 12.2. The standard InChI is InChI=1S/C15H18N2O3S/c1-10(2)15(14-5-4-8-21-14)16-12-7-6-11(20-3)9-13(12)17(18)19/h4-10,15-16H,1-3H3. The van der Waals surface area contributed by atoms with Crippen molar-refractivity contribution < 1.29 is 9.66 Å². The lowest BCUT2D eigenvalue weighted by atomic mass is 10.0.